The highest BCUT2D eigenvalue weighted by Crippen LogP contribution is 2.29. The fraction of sp³-hybridized carbons (Fsp3) is 0.480. The van der Waals surface area contributed by atoms with Crippen LogP contribution >= 0.6 is 12.4 Å². The van der Waals surface area contributed by atoms with E-state index >= 15 is 0 Å². The fourth-order valence-corrected chi connectivity index (χ4v) is 4.23. The molecule has 4 nitrogen and oxygen atoms in total. The number of benzene rings is 2. The average molecular weight is 485 g/mol. The molecule has 182 valence electrons. The predicted octanol–water partition coefficient (Wildman–Crippen LogP) is 5.86. The fourth-order valence-electron chi connectivity index (χ4n) is 4.23. The number of carbonyl (C=O) groups is 1. The Bertz CT molecular complexity index is 847. The van der Waals surface area contributed by atoms with Gasteiger partial charge in [-0.05, 0) is 68.3 Å². The number of rotatable bonds is 9. The van der Waals surface area contributed by atoms with Crippen molar-refractivity contribution in [1.29, 1.82) is 0 Å². The maximum atomic E-state index is 12.4. The lowest BCUT2D eigenvalue weighted by Crippen LogP contribution is -2.44. The number of amides is 1. The van der Waals surface area contributed by atoms with E-state index in [1.54, 1.807) is 12.1 Å². The summed E-state index contributed by atoms with van der Waals surface area (Å²) in [5.74, 6) is -1.31. The van der Waals surface area contributed by atoms with E-state index in [-0.39, 0.29) is 18.1 Å². The van der Waals surface area contributed by atoms with Crippen LogP contribution in [0.5, 0.6) is 0 Å². The molecule has 2 aromatic carbocycles. The molecular weight excluding hydrogens is 453 g/mol. The zero-order chi connectivity index (χ0) is 23.0. The number of nitrogens with zero attached hydrogens (tertiary/aromatic N) is 1. The van der Waals surface area contributed by atoms with Gasteiger partial charge in [-0.1, -0.05) is 42.5 Å². The number of anilines is 1. The van der Waals surface area contributed by atoms with E-state index in [2.05, 4.69) is 29.2 Å². The van der Waals surface area contributed by atoms with Crippen LogP contribution in [0.4, 0.5) is 18.9 Å². The van der Waals surface area contributed by atoms with Gasteiger partial charge in [-0.25, -0.2) is 0 Å². The van der Waals surface area contributed by atoms with E-state index in [0.29, 0.717) is 31.7 Å². The largest absolute Gasteiger partial charge is 0.471 e. The van der Waals surface area contributed by atoms with Gasteiger partial charge in [0.25, 0.3) is 0 Å². The summed E-state index contributed by atoms with van der Waals surface area (Å²) in [5.41, 5.74) is 2.51. The first kappa shape index (κ1) is 27.2. The number of hydrogen-bond acceptors (Lipinski definition) is 3. The van der Waals surface area contributed by atoms with E-state index < -0.39 is 12.1 Å². The summed E-state index contributed by atoms with van der Waals surface area (Å²) in [6.45, 7) is 5.01. The molecule has 1 N–H and O–H groups in total. The number of ether oxygens (including phenoxy) is 1. The molecule has 8 heteroatoms. The van der Waals surface area contributed by atoms with Crippen LogP contribution in [0.1, 0.15) is 37.3 Å². The molecule has 3 rings (SSSR count). The zero-order valence-corrected chi connectivity index (χ0v) is 19.6. The van der Waals surface area contributed by atoms with Gasteiger partial charge in [-0.3, -0.25) is 9.69 Å². The molecular formula is C25H32ClF3N2O2. The highest BCUT2D eigenvalue weighted by molar-refractivity contribution is 5.94. The summed E-state index contributed by atoms with van der Waals surface area (Å²) < 4.78 is 43.0. The predicted molar refractivity (Wildman–Crippen MR) is 127 cm³/mol. The van der Waals surface area contributed by atoms with E-state index in [1.807, 2.05) is 18.3 Å². The lowest BCUT2D eigenvalue weighted by atomic mass is 9.86. The molecule has 1 aliphatic rings. The second kappa shape index (κ2) is 13.0. The first-order chi connectivity index (χ1) is 15.3. The van der Waals surface area contributed by atoms with Gasteiger partial charge in [0.05, 0.1) is 6.61 Å². The Morgan fingerprint density at radius 2 is 1.79 bits per heavy atom. The molecule has 1 saturated heterocycles. The van der Waals surface area contributed by atoms with Crippen molar-refractivity contribution in [2.24, 2.45) is 5.92 Å². The van der Waals surface area contributed by atoms with Crippen LogP contribution in [-0.4, -0.2) is 42.8 Å². The van der Waals surface area contributed by atoms with Gasteiger partial charge in [0, 0.05) is 24.9 Å². The van der Waals surface area contributed by atoms with Crippen molar-refractivity contribution in [2.45, 2.75) is 51.4 Å². The number of alkyl halides is 3. The monoisotopic (exact) mass is 484 g/mol. The molecule has 1 fully saturated rings. The average Bonchev–Trinajstić information content (AvgIpc) is 2.78. The third-order valence-electron chi connectivity index (χ3n) is 6.00. The highest BCUT2D eigenvalue weighted by Gasteiger charge is 2.38. The minimum Gasteiger partial charge on any atom is -0.380 e. The molecule has 2 atom stereocenters. The van der Waals surface area contributed by atoms with Gasteiger partial charge < -0.3 is 10.1 Å². The van der Waals surface area contributed by atoms with Gasteiger partial charge in [0.2, 0.25) is 0 Å². The summed E-state index contributed by atoms with van der Waals surface area (Å²) >= 11 is 0. The van der Waals surface area contributed by atoms with Gasteiger partial charge in [0.1, 0.15) is 0 Å². The van der Waals surface area contributed by atoms with Crippen LogP contribution in [0.25, 0.3) is 0 Å². The topological polar surface area (TPSA) is 41.6 Å². The zero-order valence-electron chi connectivity index (χ0n) is 18.8. The number of piperidine rings is 1. The summed E-state index contributed by atoms with van der Waals surface area (Å²) in [7, 11) is 0. The van der Waals surface area contributed by atoms with E-state index in [0.717, 1.165) is 37.8 Å². The summed E-state index contributed by atoms with van der Waals surface area (Å²) in [6.07, 6.45) is -0.455. The minimum atomic E-state index is -4.89. The summed E-state index contributed by atoms with van der Waals surface area (Å²) in [5, 5.41) is 1.89. The van der Waals surface area contributed by atoms with Crippen LogP contribution in [0.3, 0.4) is 0 Å². The van der Waals surface area contributed by atoms with Crippen molar-refractivity contribution in [2.75, 3.05) is 25.1 Å². The summed E-state index contributed by atoms with van der Waals surface area (Å²) in [6, 6.07) is 17.4. The Kier molecular flexibility index (Phi) is 10.7. The lowest BCUT2D eigenvalue weighted by molar-refractivity contribution is -0.167. The van der Waals surface area contributed by atoms with Crippen LogP contribution in [0.15, 0.2) is 54.6 Å². The van der Waals surface area contributed by atoms with Crippen molar-refractivity contribution in [3.05, 3.63) is 65.7 Å². The summed E-state index contributed by atoms with van der Waals surface area (Å²) in [4.78, 5) is 13.5. The third kappa shape index (κ3) is 8.65. The molecule has 1 heterocycles. The highest BCUT2D eigenvalue weighted by atomic mass is 35.5. The number of halogens is 4. The van der Waals surface area contributed by atoms with Crippen LogP contribution in [0.2, 0.25) is 0 Å². The number of aryl methyl sites for hydroxylation is 1. The Hall–Kier alpha value is -2.09. The molecule has 1 amide bonds. The van der Waals surface area contributed by atoms with Crippen molar-refractivity contribution in [3.63, 3.8) is 0 Å². The Labute approximate surface area is 199 Å². The minimum absolute atomic E-state index is 0. The molecule has 0 radical (unpaired) electrons. The van der Waals surface area contributed by atoms with Gasteiger partial charge in [-0.2, -0.15) is 13.2 Å². The molecule has 0 saturated carbocycles. The molecule has 33 heavy (non-hydrogen) atoms. The maximum Gasteiger partial charge on any atom is 0.471 e. The van der Waals surface area contributed by atoms with E-state index in [1.165, 1.54) is 17.7 Å². The second-order valence-corrected chi connectivity index (χ2v) is 8.35. The first-order valence-corrected chi connectivity index (χ1v) is 11.2. The molecule has 1 aliphatic heterocycles. The van der Waals surface area contributed by atoms with Crippen molar-refractivity contribution in [3.8, 4) is 0 Å². The number of nitrogens with one attached hydrogen (secondary N) is 1. The maximum absolute atomic E-state index is 12.4. The SMILES string of the molecule is CCOCC1CC(CCc2ccccc2)CCN1Cc1ccc(NC(=O)C(F)(F)F)cc1.Cl. The number of hydrogen-bond donors (Lipinski definition) is 1. The van der Waals surface area contributed by atoms with Crippen LogP contribution in [-0.2, 0) is 22.5 Å². The van der Waals surface area contributed by atoms with Gasteiger partial charge >= 0.3 is 12.1 Å². The van der Waals surface area contributed by atoms with Crippen molar-refractivity contribution >= 4 is 24.0 Å². The molecule has 0 spiro atoms. The quantitative estimate of drug-likeness (QED) is 0.484. The lowest BCUT2D eigenvalue weighted by Gasteiger charge is -2.39. The molecule has 0 aromatic heterocycles. The van der Waals surface area contributed by atoms with Gasteiger partial charge in [0.15, 0.2) is 0 Å². The van der Waals surface area contributed by atoms with E-state index in [4.69, 9.17) is 4.74 Å². The molecule has 0 bridgehead atoms. The van der Waals surface area contributed by atoms with E-state index in [9.17, 15) is 18.0 Å². The van der Waals surface area contributed by atoms with Crippen molar-refractivity contribution in [1.82, 2.24) is 4.90 Å². The third-order valence-corrected chi connectivity index (χ3v) is 6.00. The standard InChI is InChI=1S/C25H31F3N2O2.ClH/c1-2-32-18-23-16-20(9-8-19-6-4-3-5-7-19)14-15-30(23)17-21-10-12-22(13-11-21)29-24(31)25(26,27)28;/h3-7,10-13,20,23H,2,8-9,14-18H2,1H3,(H,29,31);1H. The van der Waals surface area contributed by atoms with Crippen LogP contribution in [0, 0.1) is 5.92 Å². The number of carbonyl (C=O) groups excluding carboxylic acids is 1. The second-order valence-electron chi connectivity index (χ2n) is 8.35. The Morgan fingerprint density at radius 3 is 2.42 bits per heavy atom. The Morgan fingerprint density at radius 1 is 1.09 bits per heavy atom. The molecule has 0 aliphatic carbocycles. The Balaban J connectivity index is 0.00000385. The van der Waals surface area contributed by atoms with Gasteiger partial charge in [-0.15, -0.1) is 12.4 Å². The first-order valence-electron chi connectivity index (χ1n) is 11.2. The van der Waals surface area contributed by atoms with Crippen LogP contribution < -0.4 is 5.32 Å². The van der Waals surface area contributed by atoms with Crippen molar-refractivity contribution < 1.29 is 22.7 Å². The smallest absolute Gasteiger partial charge is 0.380 e. The molecule has 2 aromatic rings. The normalized spacial score (nSPS) is 19.0. The molecule has 2 unspecified atom stereocenters. The number of likely N-dealkylation sites (tertiary alicyclic amines) is 1.